The predicted octanol–water partition coefficient (Wildman–Crippen LogP) is 1.70. The third-order valence-electron chi connectivity index (χ3n) is 3.09. The molecule has 6 nitrogen and oxygen atoms in total. The van der Waals surface area contributed by atoms with Crippen LogP contribution >= 0.6 is 0 Å². The van der Waals surface area contributed by atoms with Gasteiger partial charge >= 0.3 is 0 Å². The molecule has 120 valence electrons. The van der Waals surface area contributed by atoms with E-state index in [1.54, 1.807) is 0 Å². The van der Waals surface area contributed by atoms with E-state index in [0.717, 1.165) is 23.6 Å². The molecule has 0 radical (unpaired) electrons. The van der Waals surface area contributed by atoms with Crippen LogP contribution in [0.2, 0.25) is 0 Å². The minimum Gasteiger partial charge on any atom is -0.396 e. The summed E-state index contributed by atoms with van der Waals surface area (Å²) in [6.07, 6.45) is 0.674. The van der Waals surface area contributed by atoms with Gasteiger partial charge in [-0.2, -0.15) is 5.10 Å². The highest BCUT2D eigenvalue weighted by molar-refractivity contribution is 5.93. The standard InChI is InChI=1S/C15H28N4O2/c1-11-14(12(2)18-17-11)16-13(21)9-19(7-6-8-20)10-15(3,4)5/h20H,6-10H2,1-5H3,(H,16,21)(H,17,18). The maximum absolute atomic E-state index is 12.2. The molecule has 0 spiro atoms. The molecule has 0 fully saturated rings. The Balaban J connectivity index is 2.63. The summed E-state index contributed by atoms with van der Waals surface area (Å²) in [4.78, 5) is 14.3. The Labute approximate surface area is 126 Å². The zero-order valence-electron chi connectivity index (χ0n) is 13.8. The van der Waals surface area contributed by atoms with Gasteiger partial charge in [-0.25, -0.2) is 0 Å². The topological polar surface area (TPSA) is 81.2 Å². The number of hydrogen-bond acceptors (Lipinski definition) is 4. The first kappa shape index (κ1) is 17.7. The molecule has 0 saturated carbocycles. The monoisotopic (exact) mass is 296 g/mol. The number of carbonyl (C=O) groups excluding carboxylic acids is 1. The summed E-state index contributed by atoms with van der Waals surface area (Å²) in [7, 11) is 0. The van der Waals surface area contributed by atoms with Crippen LogP contribution in [0.3, 0.4) is 0 Å². The van der Waals surface area contributed by atoms with Gasteiger partial charge in [-0.3, -0.25) is 14.8 Å². The maximum atomic E-state index is 12.2. The second-order valence-corrected chi connectivity index (χ2v) is 6.71. The summed E-state index contributed by atoms with van der Waals surface area (Å²) in [5.74, 6) is -0.0511. The fourth-order valence-corrected chi connectivity index (χ4v) is 2.30. The Bertz CT molecular complexity index is 443. The van der Waals surface area contributed by atoms with E-state index in [4.69, 9.17) is 5.11 Å². The lowest BCUT2D eigenvalue weighted by molar-refractivity contribution is -0.117. The number of nitrogens with one attached hydrogen (secondary N) is 2. The van der Waals surface area contributed by atoms with Crippen molar-refractivity contribution in [3.05, 3.63) is 11.4 Å². The SMILES string of the molecule is Cc1n[nH]c(C)c1NC(=O)CN(CCCO)CC(C)(C)C. The van der Waals surface area contributed by atoms with Gasteiger partial charge in [-0.15, -0.1) is 0 Å². The van der Waals surface area contributed by atoms with Crippen LogP contribution in [-0.4, -0.2) is 52.4 Å². The second-order valence-electron chi connectivity index (χ2n) is 6.71. The number of aromatic amines is 1. The molecule has 0 aromatic carbocycles. The van der Waals surface area contributed by atoms with Crippen molar-refractivity contribution in [1.29, 1.82) is 0 Å². The van der Waals surface area contributed by atoms with Crippen molar-refractivity contribution in [2.75, 3.05) is 31.6 Å². The quantitative estimate of drug-likeness (QED) is 0.715. The van der Waals surface area contributed by atoms with E-state index in [1.807, 2.05) is 13.8 Å². The fourth-order valence-electron chi connectivity index (χ4n) is 2.30. The van der Waals surface area contributed by atoms with Gasteiger partial charge in [0.25, 0.3) is 0 Å². The highest BCUT2D eigenvalue weighted by Crippen LogP contribution is 2.17. The lowest BCUT2D eigenvalue weighted by Gasteiger charge is -2.29. The van der Waals surface area contributed by atoms with Crippen molar-refractivity contribution in [3.63, 3.8) is 0 Å². The number of rotatable bonds is 7. The summed E-state index contributed by atoms with van der Waals surface area (Å²) in [6.45, 7) is 12.1. The van der Waals surface area contributed by atoms with Crippen molar-refractivity contribution >= 4 is 11.6 Å². The van der Waals surface area contributed by atoms with Crippen molar-refractivity contribution in [2.45, 2.75) is 41.0 Å². The van der Waals surface area contributed by atoms with Gasteiger partial charge in [0, 0.05) is 19.7 Å². The molecule has 1 heterocycles. The Morgan fingerprint density at radius 2 is 2.05 bits per heavy atom. The fraction of sp³-hybridized carbons (Fsp3) is 0.733. The third-order valence-corrected chi connectivity index (χ3v) is 3.09. The van der Waals surface area contributed by atoms with Crippen LogP contribution in [0.4, 0.5) is 5.69 Å². The van der Waals surface area contributed by atoms with E-state index in [1.165, 1.54) is 0 Å². The van der Waals surface area contributed by atoms with E-state index < -0.39 is 0 Å². The minimum absolute atomic E-state index is 0.0511. The van der Waals surface area contributed by atoms with Gasteiger partial charge in [-0.05, 0) is 25.7 Å². The van der Waals surface area contributed by atoms with Gasteiger partial charge in [0.15, 0.2) is 0 Å². The average molecular weight is 296 g/mol. The number of nitrogens with zero attached hydrogens (tertiary/aromatic N) is 2. The summed E-state index contributed by atoms with van der Waals surface area (Å²) >= 11 is 0. The van der Waals surface area contributed by atoms with E-state index in [-0.39, 0.29) is 17.9 Å². The van der Waals surface area contributed by atoms with Gasteiger partial charge < -0.3 is 10.4 Å². The lowest BCUT2D eigenvalue weighted by Crippen LogP contribution is -2.39. The van der Waals surface area contributed by atoms with Crippen molar-refractivity contribution in [1.82, 2.24) is 15.1 Å². The molecule has 21 heavy (non-hydrogen) atoms. The van der Waals surface area contributed by atoms with Crippen molar-refractivity contribution in [2.24, 2.45) is 5.41 Å². The largest absolute Gasteiger partial charge is 0.396 e. The highest BCUT2D eigenvalue weighted by atomic mass is 16.3. The first-order chi connectivity index (χ1) is 9.73. The molecule has 0 aliphatic rings. The molecule has 0 aliphatic heterocycles. The van der Waals surface area contributed by atoms with Crippen LogP contribution in [0, 0.1) is 19.3 Å². The smallest absolute Gasteiger partial charge is 0.238 e. The summed E-state index contributed by atoms with van der Waals surface area (Å²) in [6, 6.07) is 0. The number of aryl methyl sites for hydroxylation is 2. The lowest BCUT2D eigenvalue weighted by atomic mass is 9.96. The van der Waals surface area contributed by atoms with Gasteiger partial charge in [0.1, 0.15) is 0 Å². The number of H-pyrrole nitrogens is 1. The number of amides is 1. The Hall–Kier alpha value is -1.40. The van der Waals surface area contributed by atoms with Crippen LogP contribution in [0.5, 0.6) is 0 Å². The summed E-state index contributed by atoms with van der Waals surface area (Å²) < 4.78 is 0. The van der Waals surface area contributed by atoms with E-state index >= 15 is 0 Å². The van der Waals surface area contributed by atoms with Gasteiger partial charge in [0.05, 0.1) is 23.6 Å². The number of aliphatic hydroxyl groups is 1. The normalized spacial score (nSPS) is 12.0. The van der Waals surface area contributed by atoms with Gasteiger partial charge in [0.2, 0.25) is 5.91 Å². The Kier molecular flexibility index (Phi) is 6.36. The van der Waals surface area contributed by atoms with Crippen LogP contribution in [0.25, 0.3) is 0 Å². The number of hydrogen-bond donors (Lipinski definition) is 3. The summed E-state index contributed by atoms with van der Waals surface area (Å²) in [5, 5.41) is 18.8. The molecule has 0 atom stereocenters. The van der Waals surface area contributed by atoms with E-state index in [0.29, 0.717) is 19.5 Å². The predicted molar refractivity (Wildman–Crippen MR) is 84.3 cm³/mol. The zero-order valence-corrected chi connectivity index (χ0v) is 13.8. The van der Waals surface area contributed by atoms with E-state index in [9.17, 15) is 4.79 Å². The molecule has 1 rings (SSSR count). The molecular formula is C15H28N4O2. The molecule has 0 bridgehead atoms. The summed E-state index contributed by atoms with van der Waals surface area (Å²) in [5.41, 5.74) is 2.52. The molecule has 0 saturated heterocycles. The zero-order chi connectivity index (χ0) is 16.0. The first-order valence-electron chi connectivity index (χ1n) is 7.37. The third kappa shape index (κ3) is 6.27. The van der Waals surface area contributed by atoms with Crippen LogP contribution in [0.1, 0.15) is 38.6 Å². The number of anilines is 1. The Morgan fingerprint density at radius 3 is 2.52 bits per heavy atom. The molecular weight excluding hydrogens is 268 g/mol. The second kappa shape index (κ2) is 7.56. The van der Waals surface area contributed by atoms with Crippen molar-refractivity contribution in [3.8, 4) is 0 Å². The number of carbonyl (C=O) groups is 1. The maximum Gasteiger partial charge on any atom is 0.238 e. The molecule has 3 N–H and O–H groups in total. The number of aromatic nitrogens is 2. The molecule has 6 heteroatoms. The average Bonchev–Trinajstić information content (AvgIpc) is 2.66. The molecule has 1 amide bonds. The van der Waals surface area contributed by atoms with Crippen LogP contribution in [0.15, 0.2) is 0 Å². The van der Waals surface area contributed by atoms with Crippen LogP contribution in [-0.2, 0) is 4.79 Å². The minimum atomic E-state index is -0.0511. The Morgan fingerprint density at radius 1 is 1.38 bits per heavy atom. The molecule has 1 aromatic rings. The molecule has 0 unspecified atom stereocenters. The molecule has 0 aliphatic carbocycles. The highest BCUT2D eigenvalue weighted by Gasteiger charge is 2.19. The van der Waals surface area contributed by atoms with E-state index in [2.05, 4.69) is 41.2 Å². The number of aliphatic hydroxyl groups excluding tert-OH is 1. The van der Waals surface area contributed by atoms with Crippen LogP contribution < -0.4 is 5.32 Å². The first-order valence-corrected chi connectivity index (χ1v) is 7.37. The van der Waals surface area contributed by atoms with Gasteiger partial charge in [-0.1, -0.05) is 20.8 Å². The van der Waals surface area contributed by atoms with Crippen molar-refractivity contribution < 1.29 is 9.90 Å². The molecule has 1 aromatic heterocycles.